The number of rotatable bonds is 6. The van der Waals surface area contributed by atoms with Crippen molar-refractivity contribution in [2.24, 2.45) is 0 Å². The van der Waals surface area contributed by atoms with Gasteiger partial charge in [0.25, 0.3) is 5.91 Å². The third-order valence-corrected chi connectivity index (χ3v) is 5.67. The van der Waals surface area contributed by atoms with Crippen LogP contribution in [0, 0.1) is 0 Å². The largest absolute Gasteiger partial charge is 0.493 e. The number of fused-ring (bicyclic) bond motifs is 2. The maximum atomic E-state index is 13.4. The highest BCUT2D eigenvalue weighted by atomic mass is 16.7. The number of ether oxygens (including phenoxy) is 3. The Morgan fingerprint density at radius 2 is 1.82 bits per heavy atom. The van der Waals surface area contributed by atoms with E-state index in [9.17, 15) is 4.79 Å². The van der Waals surface area contributed by atoms with E-state index in [0.29, 0.717) is 23.6 Å². The lowest BCUT2D eigenvalue weighted by molar-refractivity contribution is 0.0941. The van der Waals surface area contributed by atoms with Crippen LogP contribution in [-0.4, -0.2) is 24.3 Å². The van der Waals surface area contributed by atoms with Gasteiger partial charge in [0.1, 0.15) is 5.75 Å². The van der Waals surface area contributed by atoms with Crippen LogP contribution < -0.4 is 19.5 Å². The smallest absolute Gasteiger partial charge is 0.252 e. The summed E-state index contributed by atoms with van der Waals surface area (Å²) >= 11 is 0. The van der Waals surface area contributed by atoms with Gasteiger partial charge in [0, 0.05) is 10.9 Å². The van der Waals surface area contributed by atoms with Crippen molar-refractivity contribution in [3.05, 3.63) is 83.9 Å². The Hall–Kier alpha value is -4.06. The van der Waals surface area contributed by atoms with E-state index in [-0.39, 0.29) is 18.7 Å². The van der Waals surface area contributed by atoms with Gasteiger partial charge < -0.3 is 19.5 Å². The normalized spacial score (nSPS) is 13.0. The van der Waals surface area contributed by atoms with E-state index in [1.54, 1.807) is 0 Å². The van der Waals surface area contributed by atoms with E-state index in [1.807, 2.05) is 86.6 Å². The summed E-state index contributed by atoms with van der Waals surface area (Å²) in [7, 11) is 0. The van der Waals surface area contributed by atoms with Crippen LogP contribution in [0.3, 0.4) is 0 Å². The molecule has 1 aromatic heterocycles. The third kappa shape index (κ3) is 4.07. The zero-order valence-electron chi connectivity index (χ0n) is 18.5. The second-order valence-electron chi connectivity index (χ2n) is 7.81. The number of hydrogen-bond donors (Lipinski definition) is 1. The number of carbonyl (C=O) groups excluding carboxylic acids is 1. The van der Waals surface area contributed by atoms with Crippen molar-refractivity contribution in [1.82, 2.24) is 10.3 Å². The van der Waals surface area contributed by atoms with Crippen LogP contribution in [0.1, 0.15) is 35.8 Å². The lowest BCUT2D eigenvalue weighted by Crippen LogP contribution is -2.27. The molecule has 0 aliphatic carbocycles. The molecule has 0 saturated heterocycles. The van der Waals surface area contributed by atoms with Crippen LogP contribution in [0.5, 0.6) is 17.2 Å². The molecule has 4 aromatic rings. The van der Waals surface area contributed by atoms with Crippen molar-refractivity contribution in [3.63, 3.8) is 0 Å². The molecule has 3 aromatic carbocycles. The molecule has 0 spiro atoms. The standard InChI is InChI=1S/C27H24N2O4/c1-3-31-24-11-7-5-9-20(24)23-15-21(19-8-4-6-10-22(19)29-23)27(30)28-17(2)18-12-13-25-26(14-18)33-16-32-25/h4-15,17H,3,16H2,1-2H3,(H,28,30)/t17-/m0/s1. The zero-order chi connectivity index (χ0) is 22.8. The summed E-state index contributed by atoms with van der Waals surface area (Å²) in [4.78, 5) is 18.3. The fourth-order valence-corrected chi connectivity index (χ4v) is 4.00. The van der Waals surface area contributed by atoms with Crippen molar-refractivity contribution in [2.45, 2.75) is 19.9 Å². The first-order valence-corrected chi connectivity index (χ1v) is 11.0. The molecule has 1 aliphatic rings. The van der Waals surface area contributed by atoms with Crippen molar-refractivity contribution in [1.29, 1.82) is 0 Å². The molecule has 166 valence electrons. The first-order chi connectivity index (χ1) is 16.1. The molecule has 0 bridgehead atoms. The molecular formula is C27H24N2O4. The number of benzene rings is 3. The molecule has 0 radical (unpaired) electrons. The summed E-state index contributed by atoms with van der Waals surface area (Å²) in [5.74, 6) is 1.98. The number of para-hydroxylation sites is 2. The van der Waals surface area contributed by atoms with Crippen molar-refractivity contribution < 1.29 is 19.0 Å². The van der Waals surface area contributed by atoms with Crippen LogP contribution >= 0.6 is 0 Å². The van der Waals surface area contributed by atoms with Crippen LogP contribution in [-0.2, 0) is 0 Å². The Kier molecular flexibility index (Phi) is 5.57. The van der Waals surface area contributed by atoms with Crippen molar-refractivity contribution in [3.8, 4) is 28.5 Å². The molecule has 1 N–H and O–H groups in total. The van der Waals surface area contributed by atoms with E-state index in [4.69, 9.17) is 19.2 Å². The summed E-state index contributed by atoms with van der Waals surface area (Å²) in [5, 5.41) is 3.92. The minimum absolute atomic E-state index is 0.172. The molecule has 1 atom stereocenters. The van der Waals surface area contributed by atoms with Gasteiger partial charge in [-0.15, -0.1) is 0 Å². The molecule has 1 aliphatic heterocycles. The predicted octanol–water partition coefficient (Wildman–Crippen LogP) is 5.52. The summed E-state index contributed by atoms with van der Waals surface area (Å²) in [6.45, 7) is 4.66. The van der Waals surface area contributed by atoms with Gasteiger partial charge in [-0.1, -0.05) is 36.4 Å². The molecule has 1 amide bonds. The molecule has 0 unspecified atom stereocenters. The monoisotopic (exact) mass is 440 g/mol. The minimum Gasteiger partial charge on any atom is -0.493 e. The minimum atomic E-state index is -0.224. The van der Waals surface area contributed by atoms with E-state index in [1.165, 1.54) is 0 Å². The summed E-state index contributed by atoms with van der Waals surface area (Å²) in [6, 6.07) is 22.7. The Bertz CT molecular complexity index is 1340. The number of aromatic nitrogens is 1. The lowest BCUT2D eigenvalue weighted by Gasteiger charge is -2.17. The zero-order valence-corrected chi connectivity index (χ0v) is 18.5. The molecule has 6 heteroatoms. The quantitative estimate of drug-likeness (QED) is 0.428. The van der Waals surface area contributed by atoms with Crippen LogP contribution in [0.2, 0.25) is 0 Å². The second kappa shape index (κ2) is 8.82. The Morgan fingerprint density at radius 3 is 2.70 bits per heavy atom. The van der Waals surface area contributed by atoms with Gasteiger partial charge in [-0.05, 0) is 55.8 Å². The van der Waals surface area contributed by atoms with E-state index in [0.717, 1.165) is 33.5 Å². The van der Waals surface area contributed by atoms with E-state index < -0.39 is 0 Å². The number of carbonyl (C=O) groups is 1. The summed E-state index contributed by atoms with van der Waals surface area (Å²) in [6.07, 6.45) is 0. The van der Waals surface area contributed by atoms with Gasteiger partial charge in [0.2, 0.25) is 6.79 Å². The van der Waals surface area contributed by atoms with Crippen molar-refractivity contribution in [2.75, 3.05) is 13.4 Å². The highest BCUT2D eigenvalue weighted by Gasteiger charge is 2.20. The maximum absolute atomic E-state index is 13.4. The van der Waals surface area contributed by atoms with Gasteiger partial charge in [-0.25, -0.2) is 4.98 Å². The third-order valence-electron chi connectivity index (χ3n) is 5.67. The molecule has 6 nitrogen and oxygen atoms in total. The topological polar surface area (TPSA) is 69.7 Å². The van der Waals surface area contributed by atoms with Gasteiger partial charge in [-0.2, -0.15) is 0 Å². The van der Waals surface area contributed by atoms with Crippen LogP contribution in [0.15, 0.2) is 72.8 Å². The van der Waals surface area contributed by atoms with Gasteiger partial charge in [-0.3, -0.25) is 4.79 Å². The highest BCUT2D eigenvalue weighted by Crippen LogP contribution is 2.35. The van der Waals surface area contributed by atoms with Crippen molar-refractivity contribution >= 4 is 16.8 Å². The highest BCUT2D eigenvalue weighted by molar-refractivity contribution is 6.07. The predicted molar refractivity (Wildman–Crippen MR) is 127 cm³/mol. The lowest BCUT2D eigenvalue weighted by atomic mass is 10.0. The molecule has 0 saturated carbocycles. The fraction of sp³-hybridized carbons (Fsp3) is 0.185. The number of pyridine rings is 1. The first kappa shape index (κ1) is 20.8. The number of nitrogens with one attached hydrogen (secondary N) is 1. The molecule has 2 heterocycles. The average Bonchev–Trinajstić information content (AvgIpc) is 3.32. The van der Waals surface area contributed by atoms with Crippen LogP contribution in [0.25, 0.3) is 22.2 Å². The van der Waals surface area contributed by atoms with E-state index >= 15 is 0 Å². The number of amides is 1. The molecule has 33 heavy (non-hydrogen) atoms. The first-order valence-electron chi connectivity index (χ1n) is 11.0. The van der Waals surface area contributed by atoms with Gasteiger partial charge in [0.05, 0.1) is 29.4 Å². The average molecular weight is 440 g/mol. The molecule has 5 rings (SSSR count). The second-order valence-corrected chi connectivity index (χ2v) is 7.81. The SMILES string of the molecule is CCOc1ccccc1-c1cc(C(=O)N[C@@H](C)c2ccc3c(c2)OCO3)c2ccccc2n1. The maximum Gasteiger partial charge on any atom is 0.252 e. The van der Waals surface area contributed by atoms with Gasteiger partial charge in [0.15, 0.2) is 11.5 Å². The molecule has 0 fully saturated rings. The number of hydrogen-bond acceptors (Lipinski definition) is 5. The Labute approximate surface area is 192 Å². The summed E-state index contributed by atoms with van der Waals surface area (Å²) < 4.78 is 16.7. The number of nitrogens with zero attached hydrogens (tertiary/aromatic N) is 1. The Balaban J connectivity index is 1.51. The molecular weight excluding hydrogens is 416 g/mol. The Morgan fingerprint density at radius 1 is 1.03 bits per heavy atom. The van der Waals surface area contributed by atoms with Crippen LogP contribution in [0.4, 0.5) is 0 Å². The van der Waals surface area contributed by atoms with Gasteiger partial charge >= 0.3 is 0 Å². The fourth-order valence-electron chi connectivity index (χ4n) is 4.00. The summed E-state index contributed by atoms with van der Waals surface area (Å²) in [5.41, 5.74) is 3.80. The van der Waals surface area contributed by atoms with E-state index in [2.05, 4.69) is 5.32 Å².